The summed E-state index contributed by atoms with van der Waals surface area (Å²) in [5.74, 6) is -0.291. The van der Waals surface area contributed by atoms with Crippen LogP contribution in [0, 0.1) is 0 Å². The van der Waals surface area contributed by atoms with E-state index in [1.165, 1.54) is 10.5 Å². The SMILES string of the molecule is CS(=O)(=O)N(CCNC(=O)c1cccnc1)c1cccc(Br)c1. The van der Waals surface area contributed by atoms with E-state index in [0.717, 1.165) is 10.7 Å². The monoisotopic (exact) mass is 397 g/mol. The third-order valence-corrected chi connectivity index (χ3v) is 4.71. The zero-order valence-corrected chi connectivity index (χ0v) is 14.8. The van der Waals surface area contributed by atoms with Crippen LogP contribution in [-0.2, 0) is 10.0 Å². The average Bonchev–Trinajstić information content (AvgIpc) is 2.51. The molecule has 0 atom stereocenters. The first-order chi connectivity index (χ1) is 10.9. The van der Waals surface area contributed by atoms with E-state index in [-0.39, 0.29) is 19.0 Å². The van der Waals surface area contributed by atoms with Gasteiger partial charge in [0.15, 0.2) is 0 Å². The minimum Gasteiger partial charge on any atom is -0.350 e. The van der Waals surface area contributed by atoms with Gasteiger partial charge >= 0.3 is 0 Å². The number of pyridine rings is 1. The molecule has 0 saturated heterocycles. The van der Waals surface area contributed by atoms with E-state index in [0.29, 0.717) is 11.3 Å². The number of carbonyl (C=O) groups excluding carboxylic acids is 1. The maximum absolute atomic E-state index is 12.0. The second-order valence-corrected chi connectivity index (χ2v) is 7.64. The second-order valence-electron chi connectivity index (χ2n) is 4.81. The van der Waals surface area contributed by atoms with Crippen LogP contribution in [0.15, 0.2) is 53.3 Å². The lowest BCUT2D eigenvalue weighted by Gasteiger charge is -2.22. The highest BCUT2D eigenvalue weighted by Crippen LogP contribution is 2.21. The molecular weight excluding hydrogens is 382 g/mol. The van der Waals surface area contributed by atoms with Crippen molar-refractivity contribution in [1.29, 1.82) is 0 Å². The van der Waals surface area contributed by atoms with Crippen molar-refractivity contribution in [2.45, 2.75) is 0 Å². The molecule has 0 unspecified atom stereocenters. The van der Waals surface area contributed by atoms with Gasteiger partial charge in [-0.15, -0.1) is 0 Å². The van der Waals surface area contributed by atoms with Gasteiger partial charge in [0, 0.05) is 23.4 Å². The number of anilines is 1. The number of rotatable bonds is 6. The first-order valence-corrected chi connectivity index (χ1v) is 9.43. The Morgan fingerprint density at radius 1 is 1.30 bits per heavy atom. The second kappa shape index (κ2) is 7.56. The molecule has 0 radical (unpaired) electrons. The number of aromatic nitrogens is 1. The van der Waals surface area contributed by atoms with Gasteiger partial charge in [0.05, 0.1) is 24.1 Å². The molecule has 1 amide bonds. The normalized spacial score (nSPS) is 11.0. The Kier molecular flexibility index (Phi) is 5.73. The van der Waals surface area contributed by atoms with Gasteiger partial charge in [-0.3, -0.25) is 14.1 Å². The molecule has 23 heavy (non-hydrogen) atoms. The van der Waals surface area contributed by atoms with Crippen molar-refractivity contribution in [2.24, 2.45) is 0 Å². The minimum atomic E-state index is -3.45. The molecule has 1 aromatic carbocycles. The van der Waals surface area contributed by atoms with Crippen molar-refractivity contribution in [1.82, 2.24) is 10.3 Å². The van der Waals surface area contributed by atoms with Gasteiger partial charge < -0.3 is 5.32 Å². The molecule has 1 heterocycles. The summed E-state index contributed by atoms with van der Waals surface area (Å²) in [5.41, 5.74) is 0.971. The predicted molar refractivity (Wildman–Crippen MR) is 92.9 cm³/mol. The van der Waals surface area contributed by atoms with Crippen LogP contribution in [0.2, 0.25) is 0 Å². The molecular formula is C15H16BrN3O3S. The Morgan fingerprint density at radius 2 is 2.09 bits per heavy atom. The Bertz CT molecular complexity index is 782. The fraction of sp³-hybridized carbons (Fsp3) is 0.200. The van der Waals surface area contributed by atoms with Crippen LogP contribution in [0.25, 0.3) is 0 Å². The van der Waals surface area contributed by atoms with Crippen molar-refractivity contribution >= 4 is 37.5 Å². The van der Waals surface area contributed by atoms with Gasteiger partial charge in [0.1, 0.15) is 0 Å². The summed E-state index contributed by atoms with van der Waals surface area (Å²) in [5, 5.41) is 2.69. The lowest BCUT2D eigenvalue weighted by molar-refractivity contribution is 0.0954. The van der Waals surface area contributed by atoms with E-state index in [1.54, 1.807) is 36.5 Å². The van der Waals surface area contributed by atoms with Crippen molar-refractivity contribution in [3.05, 3.63) is 58.8 Å². The maximum atomic E-state index is 12.0. The van der Waals surface area contributed by atoms with Crippen LogP contribution < -0.4 is 9.62 Å². The number of hydrogen-bond donors (Lipinski definition) is 1. The first-order valence-electron chi connectivity index (χ1n) is 6.79. The number of nitrogens with zero attached hydrogens (tertiary/aromatic N) is 2. The number of halogens is 1. The summed E-state index contributed by atoms with van der Waals surface area (Å²) in [7, 11) is -3.45. The van der Waals surface area contributed by atoms with Crippen molar-refractivity contribution in [3.63, 3.8) is 0 Å². The summed E-state index contributed by atoms with van der Waals surface area (Å²) in [6.07, 6.45) is 4.17. The highest BCUT2D eigenvalue weighted by molar-refractivity contribution is 9.10. The zero-order chi connectivity index (χ0) is 16.9. The molecule has 0 spiro atoms. The molecule has 0 fully saturated rings. The summed E-state index contributed by atoms with van der Waals surface area (Å²) in [4.78, 5) is 15.8. The Morgan fingerprint density at radius 3 is 2.70 bits per heavy atom. The summed E-state index contributed by atoms with van der Waals surface area (Å²) in [6, 6.07) is 10.3. The standard InChI is InChI=1S/C15H16BrN3O3S/c1-23(21,22)19(14-6-2-5-13(16)10-14)9-8-18-15(20)12-4-3-7-17-11-12/h2-7,10-11H,8-9H2,1H3,(H,18,20). The molecule has 2 rings (SSSR count). The summed E-state index contributed by atoms with van der Waals surface area (Å²) < 4.78 is 26.0. The van der Waals surface area contributed by atoms with Crippen molar-refractivity contribution in [2.75, 3.05) is 23.7 Å². The smallest absolute Gasteiger partial charge is 0.252 e. The van der Waals surface area contributed by atoms with E-state index in [2.05, 4.69) is 26.2 Å². The molecule has 0 aliphatic carbocycles. The Balaban J connectivity index is 2.04. The maximum Gasteiger partial charge on any atom is 0.252 e. The largest absolute Gasteiger partial charge is 0.350 e. The molecule has 0 saturated carbocycles. The number of hydrogen-bond acceptors (Lipinski definition) is 4. The van der Waals surface area contributed by atoms with Crippen LogP contribution in [0.4, 0.5) is 5.69 Å². The van der Waals surface area contributed by atoms with E-state index < -0.39 is 10.0 Å². The lowest BCUT2D eigenvalue weighted by atomic mass is 10.3. The van der Waals surface area contributed by atoms with Crippen LogP contribution in [0.3, 0.4) is 0 Å². The van der Waals surface area contributed by atoms with E-state index in [4.69, 9.17) is 0 Å². The van der Waals surface area contributed by atoms with Gasteiger partial charge in [-0.1, -0.05) is 22.0 Å². The molecule has 6 nitrogen and oxygen atoms in total. The molecule has 2 aromatic rings. The molecule has 1 N–H and O–H groups in total. The Hall–Kier alpha value is -1.93. The number of benzene rings is 1. The first kappa shape index (κ1) is 17.4. The molecule has 1 aromatic heterocycles. The molecule has 0 aliphatic heterocycles. The summed E-state index contributed by atoms with van der Waals surface area (Å²) in [6.45, 7) is 0.328. The van der Waals surface area contributed by atoms with Gasteiger partial charge in [-0.25, -0.2) is 8.42 Å². The van der Waals surface area contributed by atoms with Gasteiger partial charge in [0.2, 0.25) is 10.0 Å². The Labute approximate surface area is 143 Å². The van der Waals surface area contributed by atoms with E-state index in [9.17, 15) is 13.2 Å². The number of nitrogens with one attached hydrogen (secondary N) is 1. The fourth-order valence-corrected chi connectivity index (χ4v) is 3.29. The lowest BCUT2D eigenvalue weighted by Crippen LogP contribution is -2.38. The van der Waals surface area contributed by atoms with E-state index in [1.807, 2.05) is 6.07 Å². The molecule has 8 heteroatoms. The van der Waals surface area contributed by atoms with Crippen LogP contribution in [0.1, 0.15) is 10.4 Å². The predicted octanol–water partition coefficient (Wildman–Crippen LogP) is 2.04. The molecule has 0 aliphatic rings. The van der Waals surface area contributed by atoms with Crippen molar-refractivity contribution in [3.8, 4) is 0 Å². The van der Waals surface area contributed by atoms with E-state index >= 15 is 0 Å². The minimum absolute atomic E-state index is 0.140. The van der Waals surface area contributed by atoms with Crippen LogP contribution in [0.5, 0.6) is 0 Å². The fourth-order valence-electron chi connectivity index (χ4n) is 1.99. The van der Waals surface area contributed by atoms with Gasteiger partial charge in [-0.05, 0) is 30.3 Å². The highest BCUT2D eigenvalue weighted by Gasteiger charge is 2.17. The third kappa shape index (κ3) is 5.04. The quantitative estimate of drug-likeness (QED) is 0.808. The van der Waals surface area contributed by atoms with Crippen LogP contribution in [-0.4, -0.2) is 38.7 Å². The zero-order valence-electron chi connectivity index (χ0n) is 12.4. The van der Waals surface area contributed by atoms with Crippen LogP contribution >= 0.6 is 15.9 Å². The average molecular weight is 398 g/mol. The number of amides is 1. The molecule has 0 bridgehead atoms. The third-order valence-electron chi connectivity index (χ3n) is 3.02. The summed E-state index contributed by atoms with van der Waals surface area (Å²) >= 11 is 3.32. The topological polar surface area (TPSA) is 79.4 Å². The van der Waals surface area contributed by atoms with Crippen molar-refractivity contribution < 1.29 is 13.2 Å². The number of sulfonamides is 1. The van der Waals surface area contributed by atoms with Gasteiger partial charge in [-0.2, -0.15) is 0 Å². The highest BCUT2D eigenvalue weighted by atomic mass is 79.9. The molecule has 122 valence electrons. The van der Waals surface area contributed by atoms with Gasteiger partial charge in [0.25, 0.3) is 5.91 Å². The number of carbonyl (C=O) groups is 1.